The largest absolute Gasteiger partial charge is 0.468 e. The highest BCUT2D eigenvalue weighted by Crippen LogP contribution is 2.31. The van der Waals surface area contributed by atoms with Crippen LogP contribution in [-0.4, -0.2) is 32.2 Å². The molecule has 102 valence electrons. The average Bonchev–Trinajstić information content (AvgIpc) is 2.32. The van der Waals surface area contributed by atoms with Crippen molar-refractivity contribution >= 4 is 17.6 Å². The van der Waals surface area contributed by atoms with E-state index in [1.165, 1.54) is 7.11 Å². The molecule has 19 heavy (non-hydrogen) atoms. The van der Waals surface area contributed by atoms with E-state index >= 15 is 0 Å². The molecule has 1 N–H and O–H groups in total. The van der Waals surface area contributed by atoms with Crippen LogP contribution >= 0.6 is 0 Å². The molecule has 1 amide bonds. The van der Waals surface area contributed by atoms with Crippen LogP contribution in [0.25, 0.3) is 0 Å². The summed E-state index contributed by atoms with van der Waals surface area (Å²) < 4.78 is 9.68. The first kappa shape index (κ1) is 13.5. The summed E-state index contributed by atoms with van der Waals surface area (Å²) in [6, 6.07) is 5.61. The Bertz CT molecular complexity index is 520. The summed E-state index contributed by atoms with van der Waals surface area (Å²) in [5, 5.41) is 2.75. The van der Waals surface area contributed by atoms with Gasteiger partial charge in [-0.05, 0) is 37.1 Å². The Labute approximate surface area is 111 Å². The predicted octanol–water partition coefficient (Wildman–Crippen LogP) is 1.43. The molecule has 0 unspecified atom stereocenters. The van der Waals surface area contributed by atoms with Crippen molar-refractivity contribution in [1.29, 1.82) is 0 Å². The van der Waals surface area contributed by atoms with Gasteiger partial charge in [-0.3, -0.25) is 9.59 Å². The van der Waals surface area contributed by atoms with Crippen LogP contribution in [0.3, 0.4) is 0 Å². The topological polar surface area (TPSA) is 64.6 Å². The maximum Gasteiger partial charge on any atom is 0.326 e. The maximum atomic E-state index is 12.2. The average molecular weight is 263 g/mol. The number of rotatable bonds is 3. The molecule has 2 rings (SSSR count). The van der Waals surface area contributed by atoms with Gasteiger partial charge in [-0.25, -0.2) is 0 Å². The fraction of sp³-hybridized carbons (Fsp3) is 0.429. The number of ether oxygens (including phenoxy) is 2. The number of hydrogen-bond acceptors (Lipinski definition) is 4. The van der Waals surface area contributed by atoms with E-state index in [0.29, 0.717) is 5.69 Å². The lowest BCUT2D eigenvalue weighted by Crippen LogP contribution is -2.57. The zero-order chi connectivity index (χ0) is 14.0. The van der Waals surface area contributed by atoms with Crippen LogP contribution in [-0.2, 0) is 19.1 Å². The fourth-order valence-electron chi connectivity index (χ4n) is 1.91. The predicted molar refractivity (Wildman–Crippen MR) is 69.8 cm³/mol. The summed E-state index contributed by atoms with van der Waals surface area (Å²) in [6.07, 6.45) is 0. The second-order valence-electron chi connectivity index (χ2n) is 4.82. The molecule has 0 atom stereocenters. The Balaban J connectivity index is 2.16. The van der Waals surface area contributed by atoms with Gasteiger partial charge >= 0.3 is 5.97 Å². The van der Waals surface area contributed by atoms with Crippen LogP contribution in [0.15, 0.2) is 18.2 Å². The zero-order valence-electron chi connectivity index (χ0n) is 11.3. The molecular weight excluding hydrogens is 246 g/mol. The molecule has 0 aliphatic carbocycles. The highest BCUT2D eigenvalue weighted by molar-refractivity contribution is 6.09. The van der Waals surface area contributed by atoms with Crippen molar-refractivity contribution in [2.24, 2.45) is 5.41 Å². The van der Waals surface area contributed by atoms with E-state index in [0.717, 1.165) is 11.1 Å². The zero-order valence-corrected chi connectivity index (χ0v) is 11.3. The van der Waals surface area contributed by atoms with Gasteiger partial charge in [0.2, 0.25) is 5.91 Å². The minimum absolute atomic E-state index is 0.0658. The fourth-order valence-corrected chi connectivity index (χ4v) is 1.91. The third-order valence-corrected chi connectivity index (χ3v) is 3.47. The molecule has 1 aromatic rings. The molecule has 1 heterocycles. The Morgan fingerprint density at radius 1 is 1.26 bits per heavy atom. The Hall–Kier alpha value is -1.88. The minimum Gasteiger partial charge on any atom is -0.468 e. The second-order valence-corrected chi connectivity index (χ2v) is 4.82. The number of benzene rings is 1. The van der Waals surface area contributed by atoms with Gasteiger partial charge in [0.05, 0.1) is 20.3 Å². The number of aryl methyl sites for hydroxylation is 2. The van der Waals surface area contributed by atoms with Crippen molar-refractivity contribution in [3.63, 3.8) is 0 Å². The van der Waals surface area contributed by atoms with E-state index in [4.69, 9.17) is 4.74 Å². The number of hydrogen-bond donors (Lipinski definition) is 1. The smallest absolute Gasteiger partial charge is 0.326 e. The molecule has 1 saturated heterocycles. The number of anilines is 1. The summed E-state index contributed by atoms with van der Waals surface area (Å²) in [7, 11) is 1.27. The summed E-state index contributed by atoms with van der Waals surface area (Å²) in [5.74, 6) is -0.936. The van der Waals surface area contributed by atoms with Crippen LogP contribution in [0.1, 0.15) is 11.1 Å². The highest BCUT2D eigenvalue weighted by atomic mass is 16.5. The highest BCUT2D eigenvalue weighted by Gasteiger charge is 2.54. The molecule has 0 bridgehead atoms. The molecule has 0 spiro atoms. The molecule has 5 heteroatoms. The van der Waals surface area contributed by atoms with E-state index in [1.807, 2.05) is 32.0 Å². The second kappa shape index (κ2) is 5.01. The Morgan fingerprint density at radius 2 is 1.95 bits per heavy atom. The van der Waals surface area contributed by atoms with Crippen molar-refractivity contribution in [2.75, 3.05) is 25.6 Å². The van der Waals surface area contributed by atoms with E-state index in [9.17, 15) is 9.59 Å². The molecule has 5 nitrogen and oxygen atoms in total. The van der Waals surface area contributed by atoms with Gasteiger partial charge in [0.1, 0.15) is 0 Å². The van der Waals surface area contributed by atoms with Gasteiger partial charge in [0.15, 0.2) is 5.41 Å². The first-order valence-corrected chi connectivity index (χ1v) is 6.04. The lowest BCUT2D eigenvalue weighted by atomic mass is 9.85. The molecule has 0 aromatic heterocycles. The van der Waals surface area contributed by atoms with Gasteiger partial charge in [0, 0.05) is 5.69 Å². The Kier molecular flexibility index (Phi) is 3.57. The van der Waals surface area contributed by atoms with Crippen molar-refractivity contribution in [3.8, 4) is 0 Å². The summed E-state index contributed by atoms with van der Waals surface area (Å²) >= 11 is 0. The van der Waals surface area contributed by atoms with E-state index < -0.39 is 11.4 Å². The normalized spacial score (nSPS) is 16.4. The quantitative estimate of drug-likeness (QED) is 0.662. The molecule has 1 fully saturated rings. The number of amides is 1. The first-order valence-electron chi connectivity index (χ1n) is 6.04. The first-order chi connectivity index (χ1) is 8.99. The van der Waals surface area contributed by atoms with Gasteiger partial charge in [-0.2, -0.15) is 0 Å². The third-order valence-electron chi connectivity index (χ3n) is 3.47. The van der Waals surface area contributed by atoms with Gasteiger partial charge in [-0.1, -0.05) is 6.07 Å². The van der Waals surface area contributed by atoms with Crippen molar-refractivity contribution in [3.05, 3.63) is 29.3 Å². The third kappa shape index (κ3) is 2.33. The van der Waals surface area contributed by atoms with Gasteiger partial charge in [0.25, 0.3) is 0 Å². The molecule has 0 saturated carbocycles. The Morgan fingerprint density at radius 3 is 2.42 bits per heavy atom. The minimum atomic E-state index is -1.20. The summed E-state index contributed by atoms with van der Waals surface area (Å²) in [6.45, 7) is 4.09. The summed E-state index contributed by atoms with van der Waals surface area (Å²) in [5.41, 5.74) is 1.69. The van der Waals surface area contributed by atoms with Crippen LogP contribution in [0, 0.1) is 19.3 Å². The van der Waals surface area contributed by atoms with Crippen LogP contribution < -0.4 is 5.32 Å². The molecular formula is C14H17NO4. The van der Waals surface area contributed by atoms with Crippen molar-refractivity contribution in [2.45, 2.75) is 13.8 Å². The van der Waals surface area contributed by atoms with Gasteiger partial charge in [-0.15, -0.1) is 0 Å². The van der Waals surface area contributed by atoms with E-state index in [2.05, 4.69) is 10.1 Å². The molecule has 1 aliphatic heterocycles. The number of methoxy groups -OCH3 is 1. The van der Waals surface area contributed by atoms with Crippen LogP contribution in [0.2, 0.25) is 0 Å². The van der Waals surface area contributed by atoms with Crippen LogP contribution in [0.5, 0.6) is 0 Å². The molecule has 0 radical (unpaired) electrons. The number of esters is 1. The maximum absolute atomic E-state index is 12.2. The SMILES string of the molecule is COC(=O)C1(C(=O)Nc2ccc(C)c(C)c2)COC1. The molecule has 1 aliphatic rings. The lowest BCUT2D eigenvalue weighted by molar-refractivity contribution is -0.185. The standard InChI is InChI=1S/C14H17NO4/c1-9-4-5-11(6-10(9)2)15-12(16)14(7-19-8-14)13(17)18-3/h4-6H,7-8H2,1-3H3,(H,15,16). The van der Waals surface area contributed by atoms with E-state index in [1.54, 1.807) is 0 Å². The van der Waals surface area contributed by atoms with Gasteiger partial charge < -0.3 is 14.8 Å². The number of nitrogens with one attached hydrogen (secondary N) is 1. The molecule has 1 aromatic carbocycles. The summed E-state index contributed by atoms with van der Waals surface area (Å²) in [4.78, 5) is 23.9. The van der Waals surface area contributed by atoms with Crippen LogP contribution in [0.4, 0.5) is 5.69 Å². The number of carbonyl (C=O) groups is 2. The lowest BCUT2D eigenvalue weighted by Gasteiger charge is -2.36. The van der Waals surface area contributed by atoms with E-state index in [-0.39, 0.29) is 19.1 Å². The number of carbonyl (C=O) groups excluding carboxylic acids is 2. The van der Waals surface area contributed by atoms with Crippen molar-refractivity contribution < 1.29 is 19.1 Å². The monoisotopic (exact) mass is 263 g/mol. The van der Waals surface area contributed by atoms with Crippen molar-refractivity contribution in [1.82, 2.24) is 0 Å².